The van der Waals surface area contributed by atoms with Crippen molar-refractivity contribution in [3.63, 3.8) is 0 Å². The molecule has 130 valence electrons. The molecule has 2 aliphatic heterocycles. The first-order chi connectivity index (χ1) is 12.6. The first kappa shape index (κ1) is 16.6. The highest BCUT2D eigenvalue weighted by molar-refractivity contribution is 9.10. The largest absolute Gasteiger partial charge is 0.497 e. The predicted octanol–water partition coefficient (Wildman–Crippen LogP) is 4.12. The zero-order valence-corrected chi connectivity index (χ0v) is 15.4. The lowest BCUT2D eigenvalue weighted by atomic mass is 10.1. The van der Waals surface area contributed by atoms with E-state index in [1.54, 1.807) is 13.2 Å². The van der Waals surface area contributed by atoms with Crippen LogP contribution in [0.3, 0.4) is 0 Å². The highest BCUT2D eigenvalue weighted by atomic mass is 79.9. The zero-order valence-electron chi connectivity index (χ0n) is 13.9. The van der Waals surface area contributed by atoms with Crippen LogP contribution in [0.5, 0.6) is 11.5 Å². The molecule has 2 aromatic carbocycles. The molecule has 0 bridgehead atoms. The number of fused-ring (bicyclic) bond motifs is 1. The van der Waals surface area contributed by atoms with Crippen LogP contribution < -0.4 is 9.47 Å². The maximum Gasteiger partial charge on any atom is 0.363 e. The van der Waals surface area contributed by atoms with E-state index < -0.39 is 5.97 Å². The number of rotatable bonds is 3. The van der Waals surface area contributed by atoms with E-state index in [-0.39, 0.29) is 11.6 Å². The SMILES string of the molecule is COc1ccc2c(c1)OCC(/C=C1/N=C(c3ccccc3Br)OC1=O)=C2. The first-order valence-electron chi connectivity index (χ1n) is 7.93. The van der Waals surface area contributed by atoms with Crippen molar-refractivity contribution in [2.24, 2.45) is 4.99 Å². The fraction of sp³-hybridized carbons (Fsp3) is 0.100. The number of aliphatic imine (C=N–C) groups is 1. The van der Waals surface area contributed by atoms with Crippen LogP contribution in [0.1, 0.15) is 11.1 Å². The fourth-order valence-electron chi connectivity index (χ4n) is 2.71. The second-order valence-corrected chi connectivity index (χ2v) is 6.58. The summed E-state index contributed by atoms with van der Waals surface area (Å²) in [6, 6.07) is 13.1. The monoisotopic (exact) mass is 411 g/mol. The van der Waals surface area contributed by atoms with Crippen molar-refractivity contribution in [3.8, 4) is 11.5 Å². The lowest BCUT2D eigenvalue weighted by Crippen LogP contribution is -2.08. The molecule has 0 aliphatic carbocycles. The Morgan fingerprint density at radius 3 is 2.88 bits per heavy atom. The molecule has 5 nitrogen and oxygen atoms in total. The number of carbonyl (C=O) groups is 1. The number of ether oxygens (including phenoxy) is 3. The molecule has 2 aliphatic rings. The topological polar surface area (TPSA) is 57.1 Å². The third-order valence-corrected chi connectivity index (χ3v) is 4.69. The molecule has 0 saturated heterocycles. The number of benzene rings is 2. The lowest BCUT2D eigenvalue weighted by molar-refractivity contribution is -0.130. The number of hydrogen-bond donors (Lipinski definition) is 0. The van der Waals surface area contributed by atoms with Crippen molar-refractivity contribution in [2.45, 2.75) is 0 Å². The minimum Gasteiger partial charge on any atom is -0.497 e. The van der Waals surface area contributed by atoms with E-state index in [4.69, 9.17) is 14.2 Å². The van der Waals surface area contributed by atoms with E-state index in [0.717, 1.165) is 32.7 Å². The Labute approximate surface area is 158 Å². The standard InChI is InChI=1S/C20H14BrNO4/c1-24-14-7-6-13-8-12(11-25-18(13)10-14)9-17-20(23)26-19(22-17)15-4-2-3-5-16(15)21/h2-10H,11H2,1H3/b17-9+. The Bertz CT molecular complexity index is 991. The molecule has 26 heavy (non-hydrogen) atoms. The molecule has 0 fully saturated rings. The van der Waals surface area contributed by atoms with Crippen LogP contribution in [0.2, 0.25) is 0 Å². The van der Waals surface area contributed by atoms with Crippen LogP contribution in [0, 0.1) is 0 Å². The van der Waals surface area contributed by atoms with Gasteiger partial charge in [-0.3, -0.25) is 0 Å². The van der Waals surface area contributed by atoms with Gasteiger partial charge in [0, 0.05) is 16.1 Å². The van der Waals surface area contributed by atoms with Gasteiger partial charge in [0.15, 0.2) is 5.70 Å². The van der Waals surface area contributed by atoms with Crippen LogP contribution in [0.15, 0.2) is 69.3 Å². The second kappa shape index (κ2) is 6.80. The van der Waals surface area contributed by atoms with Gasteiger partial charge >= 0.3 is 5.97 Å². The summed E-state index contributed by atoms with van der Waals surface area (Å²) in [7, 11) is 1.61. The van der Waals surface area contributed by atoms with Crippen molar-refractivity contribution in [1.29, 1.82) is 0 Å². The Morgan fingerprint density at radius 2 is 2.08 bits per heavy atom. The van der Waals surface area contributed by atoms with Gasteiger partial charge < -0.3 is 14.2 Å². The smallest absolute Gasteiger partial charge is 0.363 e. The van der Waals surface area contributed by atoms with Gasteiger partial charge in [0.1, 0.15) is 18.1 Å². The zero-order chi connectivity index (χ0) is 18.1. The van der Waals surface area contributed by atoms with Gasteiger partial charge in [0.05, 0.1) is 12.7 Å². The minimum absolute atomic E-state index is 0.252. The Morgan fingerprint density at radius 1 is 1.23 bits per heavy atom. The first-order valence-corrected chi connectivity index (χ1v) is 8.72. The molecule has 0 amide bonds. The molecule has 4 rings (SSSR count). The maximum atomic E-state index is 12.2. The van der Waals surface area contributed by atoms with Gasteiger partial charge in [-0.15, -0.1) is 0 Å². The number of esters is 1. The van der Waals surface area contributed by atoms with Crippen molar-refractivity contribution >= 4 is 33.9 Å². The summed E-state index contributed by atoms with van der Waals surface area (Å²) in [5, 5.41) is 0. The van der Waals surface area contributed by atoms with Crippen LogP contribution in [0.25, 0.3) is 6.08 Å². The summed E-state index contributed by atoms with van der Waals surface area (Å²) in [6.45, 7) is 0.344. The van der Waals surface area contributed by atoms with Crippen molar-refractivity contribution in [1.82, 2.24) is 0 Å². The van der Waals surface area contributed by atoms with E-state index in [1.807, 2.05) is 48.5 Å². The molecule has 0 spiro atoms. The number of carbonyl (C=O) groups excluding carboxylic acids is 1. The molecule has 2 heterocycles. The second-order valence-electron chi connectivity index (χ2n) is 5.73. The Balaban J connectivity index is 1.65. The minimum atomic E-state index is -0.475. The number of hydrogen-bond acceptors (Lipinski definition) is 5. The molecule has 0 radical (unpaired) electrons. The summed E-state index contributed by atoms with van der Waals surface area (Å²) in [5.74, 6) is 1.30. The van der Waals surface area contributed by atoms with Crippen molar-refractivity contribution < 1.29 is 19.0 Å². The summed E-state index contributed by atoms with van der Waals surface area (Å²) < 4.78 is 17.1. The van der Waals surface area contributed by atoms with Gasteiger partial charge in [-0.1, -0.05) is 12.1 Å². The van der Waals surface area contributed by atoms with E-state index in [0.29, 0.717) is 6.61 Å². The molecule has 0 aromatic heterocycles. The lowest BCUT2D eigenvalue weighted by Gasteiger charge is -2.16. The van der Waals surface area contributed by atoms with Gasteiger partial charge in [-0.2, -0.15) is 0 Å². The van der Waals surface area contributed by atoms with E-state index in [2.05, 4.69) is 20.9 Å². The average Bonchev–Trinajstić information content (AvgIpc) is 3.02. The molecular formula is C20H14BrNO4. The van der Waals surface area contributed by atoms with E-state index in [1.165, 1.54) is 0 Å². The fourth-order valence-corrected chi connectivity index (χ4v) is 3.16. The number of nitrogens with zero attached hydrogens (tertiary/aromatic N) is 1. The normalized spacial score (nSPS) is 17.2. The quantitative estimate of drug-likeness (QED) is 0.562. The van der Waals surface area contributed by atoms with Crippen LogP contribution in [-0.4, -0.2) is 25.6 Å². The highest BCUT2D eigenvalue weighted by Gasteiger charge is 2.26. The van der Waals surface area contributed by atoms with E-state index >= 15 is 0 Å². The predicted molar refractivity (Wildman–Crippen MR) is 101 cm³/mol. The summed E-state index contributed by atoms with van der Waals surface area (Å²) in [6.07, 6.45) is 3.66. The molecule has 6 heteroatoms. The van der Waals surface area contributed by atoms with Gasteiger partial charge in [-0.05, 0) is 57.9 Å². The summed E-state index contributed by atoms with van der Waals surface area (Å²) in [4.78, 5) is 16.5. The van der Waals surface area contributed by atoms with Gasteiger partial charge in [0.2, 0.25) is 5.90 Å². The maximum absolute atomic E-state index is 12.2. The molecule has 0 saturated carbocycles. The van der Waals surface area contributed by atoms with Crippen molar-refractivity contribution in [3.05, 3.63) is 75.4 Å². The highest BCUT2D eigenvalue weighted by Crippen LogP contribution is 2.31. The summed E-state index contributed by atoms with van der Waals surface area (Å²) >= 11 is 3.44. The third kappa shape index (κ3) is 3.15. The molecular weight excluding hydrogens is 398 g/mol. The molecule has 0 N–H and O–H groups in total. The van der Waals surface area contributed by atoms with Gasteiger partial charge in [-0.25, -0.2) is 9.79 Å². The van der Waals surface area contributed by atoms with Gasteiger partial charge in [0.25, 0.3) is 0 Å². The average molecular weight is 412 g/mol. The Hall–Kier alpha value is -2.86. The molecule has 0 atom stereocenters. The number of halogens is 1. The van der Waals surface area contributed by atoms with Crippen LogP contribution in [0.4, 0.5) is 0 Å². The van der Waals surface area contributed by atoms with Crippen LogP contribution in [-0.2, 0) is 9.53 Å². The molecule has 2 aromatic rings. The third-order valence-electron chi connectivity index (χ3n) is 4.00. The number of methoxy groups -OCH3 is 1. The Kier molecular flexibility index (Phi) is 4.34. The van der Waals surface area contributed by atoms with E-state index in [9.17, 15) is 4.79 Å². The van der Waals surface area contributed by atoms with Crippen molar-refractivity contribution in [2.75, 3.05) is 13.7 Å². The number of cyclic esters (lactones) is 1. The van der Waals surface area contributed by atoms with Crippen LogP contribution >= 0.6 is 15.9 Å². The summed E-state index contributed by atoms with van der Waals surface area (Å²) in [5.41, 5.74) is 2.75. The molecule has 0 unspecified atom stereocenters.